The summed E-state index contributed by atoms with van der Waals surface area (Å²) in [5.41, 5.74) is 11.7. The number of hydrogen-bond donors (Lipinski definition) is 2. The van der Waals surface area contributed by atoms with Gasteiger partial charge in [-0.25, -0.2) is 0 Å². The van der Waals surface area contributed by atoms with E-state index in [2.05, 4.69) is 15.3 Å². The fraction of sp³-hybridized carbons (Fsp3) is 0.375. The minimum atomic E-state index is 0.464. The van der Waals surface area contributed by atoms with E-state index in [-0.39, 0.29) is 0 Å². The first-order valence-electron chi connectivity index (χ1n) is 4.48. The topological polar surface area (TPSA) is 95.1 Å². The predicted octanol–water partition coefficient (Wildman–Crippen LogP) is -0.402. The average Bonchev–Trinajstić information content (AvgIpc) is 2.57. The van der Waals surface area contributed by atoms with Gasteiger partial charge in [-0.1, -0.05) is 0 Å². The van der Waals surface area contributed by atoms with Crippen LogP contribution in [-0.4, -0.2) is 26.4 Å². The number of nitrogen functional groups attached to an aromatic ring is 1. The molecule has 0 saturated carbocycles. The first-order valence-corrected chi connectivity index (χ1v) is 4.48. The maximum absolute atomic E-state index is 5.57. The van der Waals surface area contributed by atoms with Gasteiger partial charge in [0.15, 0.2) is 11.5 Å². The number of fused-ring (bicyclic) bond motifs is 1. The normalized spacial score (nSPS) is 10.9. The van der Waals surface area contributed by atoms with Crippen LogP contribution in [0.3, 0.4) is 0 Å². The fourth-order valence-corrected chi connectivity index (χ4v) is 1.26. The molecule has 0 saturated heterocycles. The summed E-state index contributed by atoms with van der Waals surface area (Å²) in [6.45, 7) is 0.636. The summed E-state index contributed by atoms with van der Waals surface area (Å²) in [5.74, 6) is 1.27. The van der Waals surface area contributed by atoms with Crippen LogP contribution in [0.5, 0.6) is 0 Å². The Morgan fingerprint density at radius 3 is 2.93 bits per heavy atom. The molecule has 0 spiro atoms. The lowest BCUT2D eigenvalue weighted by molar-refractivity contribution is 0.741. The Morgan fingerprint density at radius 2 is 2.14 bits per heavy atom. The van der Waals surface area contributed by atoms with Gasteiger partial charge in [0.1, 0.15) is 5.82 Å². The van der Waals surface area contributed by atoms with E-state index in [0.29, 0.717) is 18.0 Å². The van der Waals surface area contributed by atoms with E-state index >= 15 is 0 Å². The molecule has 0 bridgehead atoms. The highest BCUT2D eigenvalue weighted by molar-refractivity contribution is 5.41. The Balaban J connectivity index is 2.40. The first kappa shape index (κ1) is 8.89. The summed E-state index contributed by atoms with van der Waals surface area (Å²) in [6.07, 6.45) is 1.64. The molecule has 4 N–H and O–H groups in total. The van der Waals surface area contributed by atoms with Crippen LogP contribution in [0.1, 0.15) is 12.2 Å². The summed E-state index contributed by atoms with van der Waals surface area (Å²) in [7, 11) is 0. The molecule has 0 aliphatic heterocycles. The standard InChI is InChI=1S/C8H12N6/c9-5-1-2-7-11-12-8-4-3-6(10)13-14(7)8/h3-4H,1-2,5,9H2,(H2,10,13). The third-order valence-electron chi connectivity index (χ3n) is 1.95. The quantitative estimate of drug-likeness (QED) is 0.689. The van der Waals surface area contributed by atoms with E-state index < -0.39 is 0 Å². The maximum Gasteiger partial charge on any atom is 0.178 e. The highest BCUT2D eigenvalue weighted by atomic mass is 15.4. The summed E-state index contributed by atoms with van der Waals surface area (Å²) >= 11 is 0. The number of hydrogen-bond acceptors (Lipinski definition) is 5. The molecule has 0 aliphatic rings. The number of rotatable bonds is 3. The second kappa shape index (κ2) is 3.59. The van der Waals surface area contributed by atoms with E-state index in [1.807, 2.05) is 0 Å². The van der Waals surface area contributed by atoms with Gasteiger partial charge >= 0.3 is 0 Å². The summed E-state index contributed by atoms with van der Waals surface area (Å²) in [4.78, 5) is 0. The zero-order chi connectivity index (χ0) is 9.97. The van der Waals surface area contributed by atoms with Crippen molar-refractivity contribution in [2.24, 2.45) is 5.73 Å². The minimum absolute atomic E-state index is 0.464. The van der Waals surface area contributed by atoms with Crippen molar-refractivity contribution in [2.45, 2.75) is 12.8 Å². The molecule has 0 unspecified atom stereocenters. The van der Waals surface area contributed by atoms with Crippen molar-refractivity contribution in [3.8, 4) is 0 Å². The van der Waals surface area contributed by atoms with Gasteiger partial charge in [0.2, 0.25) is 0 Å². The van der Waals surface area contributed by atoms with E-state index in [1.54, 1.807) is 16.6 Å². The van der Waals surface area contributed by atoms with Crippen LogP contribution in [0.15, 0.2) is 12.1 Å². The number of anilines is 1. The highest BCUT2D eigenvalue weighted by Gasteiger charge is 2.05. The van der Waals surface area contributed by atoms with E-state index in [4.69, 9.17) is 11.5 Å². The molecule has 0 aromatic carbocycles. The Kier molecular flexibility index (Phi) is 2.28. The Hall–Kier alpha value is -1.69. The summed E-state index contributed by atoms with van der Waals surface area (Å²) < 4.78 is 1.66. The van der Waals surface area contributed by atoms with Crippen LogP contribution in [-0.2, 0) is 6.42 Å². The molecule has 2 aromatic heterocycles. The van der Waals surface area contributed by atoms with Crippen molar-refractivity contribution in [3.05, 3.63) is 18.0 Å². The second-order valence-corrected chi connectivity index (χ2v) is 3.04. The molecule has 0 aliphatic carbocycles. The second-order valence-electron chi connectivity index (χ2n) is 3.04. The molecular formula is C8H12N6. The number of nitrogens with two attached hydrogens (primary N) is 2. The average molecular weight is 192 g/mol. The minimum Gasteiger partial charge on any atom is -0.382 e. The smallest absolute Gasteiger partial charge is 0.178 e. The van der Waals surface area contributed by atoms with Crippen molar-refractivity contribution < 1.29 is 0 Å². The molecule has 74 valence electrons. The van der Waals surface area contributed by atoms with E-state index in [9.17, 15) is 0 Å². The molecule has 0 atom stereocenters. The van der Waals surface area contributed by atoms with Crippen molar-refractivity contribution in [1.82, 2.24) is 19.8 Å². The molecular weight excluding hydrogens is 180 g/mol. The van der Waals surface area contributed by atoms with Crippen LogP contribution >= 0.6 is 0 Å². The van der Waals surface area contributed by atoms with Crippen LogP contribution < -0.4 is 11.5 Å². The monoisotopic (exact) mass is 192 g/mol. The number of nitrogens with zero attached hydrogens (tertiary/aromatic N) is 4. The highest BCUT2D eigenvalue weighted by Crippen LogP contribution is 2.05. The van der Waals surface area contributed by atoms with Crippen LogP contribution in [0.4, 0.5) is 5.82 Å². The third kappa shape index (κ3) is 1.51. The Labute approximate surface area is 80.9 Å². The molecule has 2 aromatic rings. The van der Waals surface area contributed by atoms with Gasteiger partial charge in [0.25, 0.3) is 0 Å². The van der Waals surface area contributed by atoms with Crippen LogP contribution in [0.2, 0.25) is 0 Å². The van der Waals surface area contributed by atoms with Crippen molar-refractivity contribution in [1.29, 1.82) is 0 Å². The zero-order valence-electron chi connectivity index (χ0n) is 7.72. The maximum atomic E-state index is 5.57. The van der Waals surface area contributed by atoms with E-state index in [0.717, 1.165) is 18.7 Å². The van der Waals surface area contributed by atoms with Gasteiger partial charge in [-0.3, -0.25) is 0 Å². The molecule has 14 heavy (non-hydrogen) atoms. The largest absolute Gasteiger partial charge is 0.382 e. The van der Waals surface area contributed by atoms with E-state index in [1.165, 1.54) is 0 Å². The van der Waals surface area contributed by atoms with Gasteiger partial charge in [0, 0.05) is 6.42 Å². The van der Waals surface area contributed by atoms with Gasteiger partial charge in [-0.15, -0.1) is 15.3 Å². The van der Waals surface area contributed by atoms with Crippen molar-refractivity contribution in [3.63, 3.8) is 0 Å². The van der Waals surface area contributed by atoms with Crippen LogP contribution in [0, 0.1) is 0 Å². The molecule has 0 amide bonds. The van der Waals surface area contributed by atoms with Crippen molar-refractivity contribution in [2.75, 3.05) is 12.3 Å². The molecule has 2 rings (SSSR count). The fourth-order valence-electron chi connectivity index (χ4n) is 1.26. The summed E-state index contributed by atoms with van der Waals surface area (Å²) in [5, 5.41) is 12.1. The first-order chi connectivity index (χ1) is 6.81. The van der Waals surface area contributed by atoms with Gasteiger partial charge < -0.3 is 11.5 Å². The van der Waals surface area contributed by atoms with Gasteiger partial charge in [0.05, 0.1) is 0 Å². The Bertz CT molecular complexity index is 434. The molecule has 2 heterocycles. The van der Waals surface area contributed by atoms with Crippen LogP contribution in [0.25, 0.3) is 5.65 Å². The zero-order valence-corrected chi connectivity index (χ0v) is 7.72. The Morgan fingerprint density at radius 1 is 1.29 bits per heavy atom. The van der Waals surface area contributed by atoms with Gasteiger partial charge in [-0.05, 0) is 25.1 Å². The van der Waals surface area contributed by atoms with Gasteiger partial charge in [-0.2, -0.15) is 4.52 Å². The summed E-state index contributed by atoms with van der Waals surface area (Å²) in [6, 6.07) is 3.50. The molecule has 6 heteroatoms. The third-order valence-corrected chi connectivity index (χ3v) is 1.95. The lowest BCUT2D eigenvalue weighted by Gasteiger charge is -1.97. The molecule has 6 nitrogen and oxygen atoms in total. The lowest BCUT2D eigenvalue weighted by Crippen LogP contribution is -2.05. The SMILES string of the molecule is NCCCc1nnc2ccc(N)nn12. The number of aryl methyl sites for hydroxylation is 1. The number of aromatic nitrogens is 4. The predicted molar refractivity (Wildman–Crippen MR) is 52.6 cm³/mol. The molecule has 0 fully saturated rings. The molecule has 0 radical (unpaired) electrons. The van der Waals surface area contributed by atoms with Crippen molar-refractivity contribution >= 4 is 11.5 Å². The lowest BCUT2D eigenvalue weighted by atomic mass is 10.3.